The minimum atomic E-state index is -1.51. The van der Waals surface area contributed by atoms with Gasteiger partial charge in [0.05, 0.1) is 0 Å². The van der Waals surface area contributed by atoms with Crippen LogP contribution in [0.5, 0.6) is 0 Å². The zero-order valence-corrected chi connectivity index (χ0v) is 15.0. The molecule has 28 heavy (non-hydrogen) atoms. The minimum Gasteiger partial charge on any atom is -0.480 e. The Morgan fingerprint density at radius 1 is 1.11 bits per heavy atom. The van der Waals surface area contributed by atoms with Crippen LogP contribution in [-0.4, -0.2) is 63.8 Å². The number of imide groups is 1. The number of nitrogens with two attached hydrogens (primary N) is 1. The van der Waals surface area contributed by atoms with E-state index in [2.05, 4.69) is 0 Å². The van der Waals surface area contributed by atoms with Gasteiger partial charge in [0.2, 0.25) is 0 Å². The van der Waals surface area contributed by atoms with E-state index in [0.29, 0.717) is 29.8 Å². The lowest BCUT2D eigenvalue weighted by Gasteiger charge is -2.26. The second-order valence-electron chi connectivity index (χ2n) is 6.20. The van der Waals surface area contributed by atoms with Crippen LogP contribution in [0.1, 0.15) is 24.8 Å². The quantitative estimate of drug-likeness (QED) is 0.381. The van der Waals surface area contributed by atoms with Gasteiger partial charge in [0, 0.05) is 0 Å². The molecule has 0 radical (unpaired) electrons. The first-order chi connectivity index (χ1) is 13.4. The van der Waals surface area contributed by atoms with E-state index in [9.17, 15) is 24.3 Å². The molecule has 152 valence electrons. The number of epoxide rings is 1. The number of hydrogen-bond donors (Lipinski definition) is 3. The summed E-state index contributed by atoms with van der Waals surface area (Å²) in [6.45, 7) is 0.151. The molecule has 1 saturated heterocycles. The van der Waals surface area contributed by atoms with Crippen molar-refractivity contribution in [3.8, 4) is 0 Å². The van der Waals surface area contributed by atoms with Gasteiger partial charge in [-0.1, -0.05) is 30.3 Å². The molecule has 10 heteroatoms. The van der Waals surface area contributed by atoms with Gasteiger partial charge in [0.25, 0.3) is 5.91 Å². The van der Waals surface area contributed by atoms with E-state index in [1.54, 1.807) is 30.3 Å². The van der Waals surface area contributed by atoms with E-state index in [-0.39, 0.29) is 13.0 Å². The van der Waals surface area contributed by atoms with Gasteiger partial charge < -0.3 is 25.4 Å². The summed E-state index contributed by atoms with van der Waals surface area (Å²) in [4.78, 5) is 48.2. The van der Waals surface area contributed by atoms with E-state index in [1.165, 1.54) is 0 Å². The maximum absolute atomic E-state index is 12.6. The van der Waals surface area contributed by atoms with Crippen molar-refractivity contribution in [2.24, 2.45) is 5.73 Å². The standard InChI is InChI=1S/C18H22N2O8/c19-9-5-4-8-12(16(22)23)20(15(21)13-14(28-13)17(24)25)18(26)27-10-11-6-2-1-3-7-11/h1-3,6-7,12-14H,4-5,8-10,19H2,(H,22,23)(H,24,25)/t12-,13?,14?/m0/s1. The molecule has 1 aliphatic rings. The van der Waals surface area contributed by atoms with Crippen molar-refractivity contribution < 1.29 is 38.9 Å². The molecule has 3 atom stereocenters. The molecule has 4 N–H and O–H groups in total. The second kappa shape index (κ2) is 9.81. The van der Waals surface area contributed by atoms with Crippen molar-refractivity contribution in [2.45, 2.75) is 44.1 Å². The second-order valence-corrected chi connectivity index (χ2v) is 6.20. The Bertz CT molecular complexity index is 724. The molecule has 2 rings (SSSR count). The minimum absolute atomic E-state index is 0.0385. The molecule has 1 aliphatic heterocycles. The number of unbranched alkanes of at least 4 members (excludes halogenated alkanes) is 1. The van der Waals surface area contributed by atoms with Gasteiger partial charge in [0.15, 0.2) is 12.2 Å². The number of benzene rings is 1. The molecule has 1 fully saturated rings. The van der Waals surface area contributed by atoms with E-state index < -0.39 is 42.2 Å². The Kier molecular flexibility index (Phi) is 7.47. The Morgan fingerprint density at radius 2 is 1.79 bits per heavy atom. The van der Waals surface area contributed by atoms with Crippen molar-refractivity contribution in [3.63, 3.8) is 0 Å². The topological polar surface area (TPSA) is 160 Å². The Balaban J connectivity index is 2.16. The molecular formula is C18H22N2O8. The lowest BCUT2D eigenvalue weighted by Crippen LogP contribution is -2.51. The van der Waals surface area contributed by atoms with Crippen LogP contribution < -0.4 is 5.73 Å². The van der Waals surface area contributed by atoms with Gasteiger partial charge in [-0.2, -0.15) is 0 Å². The lowest BCUT2D eigenvalue weighted by molar-refractivity contribution is -0.149. The van der Waals surface area contributed by atoms with Gasteiger partial charge in [0.1, 0.15) is 12.6 Å². The maximum atomic E-state index is 12.6. The molecule has 0 aromatic heterocycles. The highest BCUT2D eigenvalue weighted by Gasteiger charge is 2.55. The number of amides is 2. The monoisotopic (exact) mass is 394 g/mol. The maximum Gasteiger partial charge on any atom is 0.417 e. The summed E-state index contributed by atoms with van der Waals surface area (Å²) >= 11 is 0. The smallest absolute Gasteiger partial charge is 0.417 e. The van der Waals surface area contributed by atoms with Crippen molar-refractivity contribution >= 4 is 23.9 Å². The van der Waals surface area contributed by atoms with E-state index in [1.807, 2.05) is 0 Å². The molecule has 1 heterocycles. The highest BCUT2D eigenvalue weighted by Crippen LogP contribution is 2.27. The number of carboxylic acid groups (broad SMARTS) is 2. The van der Waals surface area contributed by atoms with E-state index >= 15 is 0 Å². The first kappa shape index (κ1) is 21.3. The number of carbonyl (C=O) groups excluding carboxylic acids is 2. The molecule has 0 spiro atoms. The predicted molar refractivity (Wildman–Crippen MR) is 94.1 cm³/mol. The third kappa shape index (κ3) is 5.51. The van der Waals surface area contributed by atoms with Crippen LogP contribution in [0.4, 0.5) is 4.79 Å². The number of carboxylic acids is 2. The van der Waals surface area contributed by atoms with E-state index in [0.717, 1.165) is 0 Å². The zero-order chi connectivity index (χ0) is 20.7. The Labute approximate surface area is 160 Å². The molecule has 0 aliphatic carbocycles. The molecule has 10 nitrogen and oxygen atoms in total. The Hall–Kier alpha value is -2.98. The van der Waals surface area contributed by atoms with Gasteiger partial charge in [-0.15, -0.1) is 0 Å². The summed E-state index contributed by atoms with van der Waals surface area (Å²) in [6, 6.07) is 7.11. The molecular weight excluding hydrogens is 372 g/mol. The number of ether oxygens (including phenoxy) is 2. The van der Waals surface area contributed by atoms with Crippen molar-refractivity contribution in [2.75, 3.05) is 6.54 Å². The first-order valence-electron chi connectivity index (χ1n) is 8.71. The van der Waals surface area contributed by atoms with Crippen molar-refractivity contribution in [3.05, 3.63) is 35.9 Å². The number of carbonyl (C=O) groups is 4. The fourth-order valence-electron chi connectivity index (χ4n) is 2.63. The lowest BCUT2D eigenvalue weighted by atomic mass is 10.1. The van der Waals surface area contributed by atoms with Gasteiger partial charge in [-0.25, -0.2) is 19.3 Å². The summed E-state index contributed by atoms with van der Waals surface area (Å²) < 4.78 is 9.88. The van der Waals surface area contributed by atoms with Crippen LogP contribution in [0.15, 0.2) is 30.3 Å². The van der Waals surface area contributed by atoms with Gasteiger partial charge >= 0.3 is 18.0 Å². The molecule has 2 unspecified atom stereocenters. The Morgan fingerprint density at radius 3 is 2.32 bits per heavy atom. The summed E-state index contributed by atoms with van der Waals surface area (Å²) in [5, 5.41) is 18.4. The third-order valence-electron chi connectivity index (χ3n) is 4.15. The van der Waals surface area contributed by atoms with Gasteiger partial charge in [-0.05, 0) is 31.4 Å². The number of nitrogens with zero attached hydrogens (tertiary/aromatic N) is 1. The number of rotatable bonds is 10. The molecule has 0 bridgehead atoms. The molecule has 2 amide bonds. The summed E-state index contributed by atoms with van der Waals surface area (Å²) in [5.74, 6) is -3.83. The zero-order valence-electron chi connectivity index (χ0n) is 15.0. The van der Waals surface area contributed by atoms with Crippen LogP contribution in [0.2, 0.25) is 0 Å². The predicted octanol–water partition coefficient (Wildman–Crippen LogP) is 0.586. The highest BCUT2D eigenvalue weighted by molar-refractivity contribution is 6.02. The summed E-state index contributed by atoms with van der Waals surface area (Å²) in [7, 11) is 0. The number of aliphatic carboxylic acids is 2. The van der Waals surface area contributed by atoms with Crippen molar-refractivity contribution in [1.82, 2.24) is 4.90 Å². The largest absolute Gasteiger partial charge is 0.480 e. The fourth-order valence-corrected chi connectivity index (χ4v) is 2.63. The van der Waals surface area contributed by atoms with Crippen LogP contribution >= 0.6 is 0 Å². The molecule has 1 aromatic rings. The van der Waals surface area contributed by atoms with E-state index in [4.69, 9.17) is 20.3 Å². The van der Waals surface area contributed by atoms with Gasteiger partial charge in [-0.3, -0.25) is 4.79 Å². The van der Waals surface area contributed by atoms with Crippen LogP contribution in [0.3, 0.4) is 0 Å². The normalized spacial score (nSPS) is 18.8. The van der Waals surface area contributed by atoms with Crippen molar-refractivity contribution in [1.29, 1.82) is 0 Å². The van der Waals surface area contributed by atoms with Crippen LogP contribution in [0.25, 0.3) is 0 Å². The summed E-state index contributed by atoms with van der Waals surface area (Å²) in [5.41, 5.74) is 6.05. The highest BCUT2D eigenvalue weighted by atomic mass is 16.6. The SMILES string of the molecule is NCCCC[C@@H](C(=O)O)N(C(=O)OCc1ccccc1)C(=O)C1OC1C(=O)O. The average Bonchev–Trinajstić information content (AvgIpc) is 3.47. The third-order valence-corrected chi connectivity index (χ3v) is 4.15. The van der Waals surface area contributed by atoms with Crippen LogP contribution in [0, 0.1) is 0 Å². The average molecular weight is 394 g/mol. The molecule has 1 aromatic carbocycles. The molecule has 0 saturated carbocycles. The fraction of sp³-hybridized carbons (Fsp3) is 0.444. The first-order valence-corrected chi connectivity index (χ1v) is 8.71. The number of hydrogen-bond acceptors (Lipinski definition) is 7. The van der Waals surface area contributed by atoms with Crippen LogP contribution in [-0.2, 0) is 30.5 Å². The summed E-state index contributed by atoms with van der Waals surface area (Å²) in [6.07, 6.45) is -3.18.